The third kappa shape index (κ3) is 3.73. The number of amides is 3. The maximum Gasteiger partial charge on any atom is 0.262 e. The Morgan fingerprint density at radius 3 is 2.39 bits per heavy atom. The van der Waals surface area contributed by atoms with E-state index in [1.807, 2.05) is 6.26 Å². The largest absolute Gasteiger partial charge is 0.396 e. The average Bonchev–Trinajstić information content (AvgIpc) is 2.81. The van der Waals surface area contributed by atoms with Gasteiger partial charge in [0, 0.05) is 13.2 Å². The van der Waals surface area contributed by atoms with E-state index in [-0.39, 0.29) is 12.5 Å². The van der Waals surface area contributed by atoms with Gasteiger partial charge in [0.15, 0.2) is 0 Å². The summed E-state index contributed by atoms with van der Waals surface area (Å²) in [6, 6.07) is 5.78. The van der Waals surface area contributed by atoms with Gasteiger partial charge in [0.2, 0.25) is 5.91 Å². The van der Waals surface area contributed by atoms with Crippen LogP contribution in [0.1, 0.15) is 33.6 Å². The molecule has 1 aliphatic rings. The highest BCUT2D eigenvalue weighted by atomic mass is 32.2. The fourth-order valence-electron chi connectivity index (χ4n) is 2.51. The number of carbonyl (C=O) groups excluding carboxylic acids is 3. The summed E-state index contributed by atoms with van der Waals surface area (Å²) in [6.07, 6.45) is 2.74. The molecule has 1 aliphatic heterocycles. The van der Waals surface area contributed by atoms with Crippen LogP contribution in [0, 0.1) is 0 Å². The molecule has 0 aliphatic carbocycles. The highest BCUT2D eigenvalue weighted by Gasteiger charge is 2.42. The van der Waals surface area contributed by atoms with E-state index in [9.17, 15) is 14.4 Å². The number of rotatable bonds is 8. The van der Waals surface area contributed by atoms with Gasteiger partial charge in [-0.15, -0.1) is 0 Å². The number of aliphatic hydroxyl groups excluding tert-OH is 1. The molecule has 1 atom stereocenters. The molecular formula is C16H20N2O4S. The lowest BCUT2D eigenvalue weighted by Gasteiger charge is -2.25. The van der Waals surface area contributed by atoms with Crippen LogP contribution in [0.3, 0.4) is 0 Å². The molecule has 2 rings (SSSR count). The molecule has 7 heteroatoms. The third-order valence-corrected chi connectivity index (χ3v) is 4.31. The summed E-state index contributed by atoms with van der Waals surface area (Å²) in [5, 5.41) is 11.5. The summed E-state index contributed by atoms with van der Waals surface area (Å²) in [4.78, 5) is 38.5. The van der Waals surface area contributed by atoms with Gasteiger partial charge in [-0.05, 0) is 37.0 Å². The van der Waals surface area contributed by atoms with Crippen LogP contribution < -0.4 is 5.32 Å². The molecule has 1 heterocycles. The maximum atomic E-state index is 12.5. The second-order valence-electron chi connectivity index (χ2n) is 5.19. The van der Waals surface area contributed by atoms with E-state index in [0.29, 0.717) is 36.3 Å². The molecule has 124 valence electrons. The Bertz CT molecular complexity index is 570. The summed E-state index contributed by atoms with van der Waals surface area (Å²) in [6.45, 7) is 0.289. The fourth-order valence-corrected chi connectivity index (χ4v) is 2.97. The van der Waals surface area contributed by atoms with E-state index in [1.54, 1.807) is 36.0 Å². The van der Waals surface area contributed by atoms with Gasteiger partial charge in [-0.3, -0.25) is 19.3 Å². The van der Waals surface area contributed by atoms with Crippen LogP contribution in [0.15, 0.2) is 24.3 Å². The summed E-state index contributed by atoms with van der Waals surface area (Å²) < 4.78 is 0. The summed E-state index contributed by atoms with van der Waals surface area (Å²) in [7, 11) is 0. The van der Waals surface area contributed by atoms with E-state index in [0.717, 1.165) is 4.90 Å². The van der Waals surface area contributed by atoms with E-state index in [2.05, 4.69) is 5.32 Å². The molecule has 1 unspecified atom stereocenters. The normalized spacial score (nSPS) is 14.8. The Labute approximate surface area is 139 Å². The molecule has 1 aromatic carbocycles. The molecule has 2 N–H and O–H groups in total. The molecule has 0 bridgehead atoms. The van der Waals surface area contributed by atoms with E-state index in [4.69, 9.17) is 5.11 Å². The van der Waals surface area contributed by atoms with Crippen molar-refractivity contribution < 1.29 is 19.5 Å². The summed E-state index contributed by atoms with van der Waals surface area (Å²) in [5.41, 5.74) is 0.685. The van der Waals surface area contributed by atoms with Crippen molar-refractivity contribution in [1.29, 1.82) is 0 Å². The van der Waals surface area contributed by atoms with Crippen molar-refractivity contribution in [3.63, 3.8) is 0 Å². The first-order chi connectivity index (χ1) is 11.1. The van der Waals surface area contributed by atoms with Crippen LogP contribution in [-0.4, -0.2) is 58.9 Å². The van der Waals surface area contributed by atoms with Crippen molar-refractivity contribution in [1.82, 2.24) is 10.2 Å². The van der Waals surface area contributed by atoms with Crippen LogP contribution in [0.2, 0.25) is 0 Å². The number of fused-ring (bicyclic) bond motifs is 1. The second kappa shape index (κ2) is 8.12. The predicted octanol–water partition coefficient (Wildman–Crippen LogP) is 0.903. The lowest BCUT2D eigenvalue weighted by molar-refractivity contribution is -0.125. The number of nitrogens with one attached hydrogen (secondary N) is 1. The maximum absolute atomic E-state index is 12.5. The summed E-state index contributed by atoms with van der Waals surface area (Å²) >= 11 is 1.55. The average molecular weight is 336 g/mol. The van der Waals surface area contributed by atoms with Gasteiger partial charge in [0.1, 0.15) is 6.04 Å². The lowest BCUT2D eigenvalue weighted by atomic mass is 10.1. The molecule has 0 saturated heterocycles. The minimum absolute atomic E-state index is 0.0250. The molecule has 0 fully saturated rings. The highest BCUT2D eigenvalue weighted by molar-refractivity contribution is 7.98. The molecule has 0 saturated carbocycles. The molecule has 23 heavy (non-hydrogen) atoms. The molecule has 0 spiro atoms. The highest BCUT2D eigenvalue weighted by Crippen LogP contribution is 2.26. The number of hydrogen-bond donors (Lipinski definition) is 2. The Balaban J connectivity index is 2.21. The molecule has 6 nitrogen and oxygen atoms in total. The quantitative estimate of drug-likeness (QED) is 0.544. The van der Waals surface area contributed by atoms with Crippen LogP contribution in [0.5, 0.6) is 0 Å². The lowest BCUT2D eigenvalue weighted by Crippen LogP contribution is -2.50. The van der Waals surface area contributed by atoms with Crippen molar-refractivity contribution in [3.05, 3.63) is 35.4 Å². The van der Waals surface area contributed by atoms with Crippen molar-refractivity contribution in [2.45, 2.75) is 18.9 Å². The number of nitrogens with zero attached hydrogens (tertiary/aromatic N) is 1. The Morgan fingerprint density at radius 1 is 1.26 bits per heavy atom. The van der Waals surface area contributed by atoms with E-state index in [1.165, 1.54) is 0 Å². The van der Waals surface area contributed by atoms with Gasteiger partial charge < -0.3 is 10.4 Å². The summed E-state index contributed by atoms with van der Waals surface area (Å²) in [5.74, 6) is -0.545. The van der Waals surface area contributed by atoms with Gasteiger partial charge in [0.05, 0.1) is 11.1 Å². The SMILES string of the molecule is CSCCC(C(=O)NCCCO)N1C(=O)c2ccccc2C1=O. The van der Waals surface area contributed by atoms with Gasteiger partial charge in [0.25, 0.3) is 11.8 Å². The van der Waals surface area contributed by atoms with Crippen molar-refractivity contribution in [2.75, 3.05) is 25.2 Å². The van der Waals surface area contributed by atoms with Crippen LogP contribution in [0.4, 0.5) is 0 Å². The second-order valence-corrected chi connectivity index (χ2v) is 6.18. The van der Waals surface area contributed by atoms with Gasteiger partial charge in [-0.2, -0.15) is 11.8 Å². The van der Waals surface area contributed by atoms with Gasteiger partial charge >= 0.3 is 0 Å². The number of aliphatic hydroxyl groups is 1. The standard InChI is InChI=1S/C16H20N2O4S/c1-23-10-7-13(14(20)17-8-4-9-19)18-15(21)11-5-2-3-6-12(11)16(18)22/h2-3,5-6,13,19H,4,7-10H2,1H3,(H,17,20). The molecule has 0 aromatic heterocycles. The Morgan fingerprint density at radius 2 is 1.87 bits per heavy atom. The number of carbonyl (C=O) groups is 3. The minimum atomic E-state index is -0.825. The Kier molecular flexibility index (Phi) is 6.18. The zero-order chi connectivity index (χ0) is 16.8. The minimum Gasteiger partial charge on any atom is -0.396 e. The van der Waals surface area contributed by atoms with Gasteiger partial charge in [-0.25, -0.2) is 0 Å². The van der Waals surface area contributed by atoms with Crippen molar-refractivity contribution >= 4 is 29.5 Å². The number of hydrogen-bond acceptors (Lipinski definition) is 5. The van der Waals surface area contributed by atoms with Crippen molar-refractivity contribution in [2.24, 2.45) is 0 Å². The van der Waals surface area contributed by atoms with Gasteiger partial charge in [-0.1, -0.05) is 12.1 Å². The van der Waals surface area contributed by atoms with Crippen LogP contribution >= 0.6 is 11.8 Å². The van der Waals surface area contributed by atoms with Crippen LogP contribution in [-0.2, 0) is 4.79 Å². The first kappa shape index (κ1) is 17.5. The predicted molar refractivity (Wildman–Crippen MR) is 88.4 cm³/mol. The number of imide groups is 1. The zero-order valence-corrected chi connectivity index (χ0v) is 13.8. The van der Waals surface area contributed by atoms with E-state index < -0.39 is 17.9 Å². The first-order valence-electron chi connectivity index (χ1n) is 7.46. The first-order valence-corrected chi connectivity index (χ1v) is 8.85. The fraction of sp³-hybridized carbons (Fsp3) is 0.438. The molecule has 0 radical (unpaired) electrons. The third-order valence-electron chi connectivity index (χ3n) is 3.67. The van der Waals surface area contributed by atoms with Crippen molar-refractivity contribution in [3.8, 4) is 0 Å². The van der Waals surface area contributed by atoms with Crippen LogP contribution in [0.25, 0.3) is 0 Å². The molecule has 1 aromatic rings. The monoisotopic (exact) mass is 336 g/mol. The number of thioether (sulfide) groups is 1. The smallest absolute Gasteiger partial charge is 0.262 e. The molecule has 3 amide bonds. The number of benzene rings is 1. The zero-order valence-electron chi connectivity index (χ0n) is 12.9. The topological polar surface area (TPSA) is 86.7 Å². The Hall–Kier alpha value is -1.86. The van der Waals surface area contributed by atoms with E-state index >= 15 is 0 Å². The molecular weight excluding hydrogens is 316 g/mol.